The third kappa shape index (κ3) is 2.98. The molecule has 4 nitrogen and oxygen atoms in total. The van der Waals surface area contributed by atoms with Gasteiger partial charge in [0.25, 0.3) is 11.8 Å². The monoisotopic (exact) mass is 376 g/mol. The maximum Gasteiger partial charge on any atom is 0.258 e. The fraction of sp³-hybridized carbons (Fsp3) is 0.182. The van der Waals surface area contributed by atoms with E-state index in [-0.39, 0.29) is 17.2 Å². The lowest BCUT2D eigenvalue weighted by Gasteiger charge is -2.19. The molecule has 27 heavy (non-hydrogen) atoms. The van der Waals surface area contributed by atoms with Crippen LogP contribution in [-0.2, 0) is 15.0 Å². The zero-order valence-corrected chi connectivity index (χ0v) is 16.3. The van der Waals surface area contributed by atoms with Crippen LogP contribution in [0.2, 0.25) is 0 Å². The number of benzene rings is 2. The van der Waals surface area contributed by atoms with Crippen molar-refractivity contribution in [2.75, 3.05) is 0 Å². The van der Waals surface area contributed by atoms with Gasteiger partial charge in [0, 0.05) is 4.90 Å². The zero-order valence-electron chi connectivity index (χ0n) is 15.4. The van der Waals surface area contributed by atoms with Crippen molar-refractivity contribution in [2.45, 2.75) is 31.1 Å². The summed E-state index contributed by atoms with van der Waals surface area (Å²) < 4.78 is 0. The standard InChI is InChI=1S/C22H20N2O2S/c1-22(2,3)14-8-4-12(5-9-14)18-16-17(21(26)23-18)19(24-20(16)25)13-6-10-15(27)11-7-13/h4-11,27H,1-3H3,(H,23,26)(H,24,25). The van der Waals surface area contributed by atoms with Crippen LogP contribution < -0.4 is 10.6 Å². The largest absolute Gasteiger partial charge is 0.321 e. The second-order valence-electron chi connectivity index (χ2n) is 7.78. The van der Waals surface area contributed by atoms with Crippen LogP contribution in [0.1, 0.15) is 37.5 Å². The molecule has 5 heteroatoms. The van der Waals surface area contributed by atoms with Gasteiger partial charge in [0.05, 0.1) is 22.5 Å². The first kappa shape index (κ1) is 17.6. The van der Waals surface area contributed by atoms with Gasteiger partial charge in [-0.1, -0.05) is 57.2 Å². The Balaban J connectivity index is 1.81. The van der Waals surface area contributed by atoms with Gasteiger partial charge >= 0.3 is 0 Å². The quantitative estimate of drug-likeness (QED) is 0.701. The normalized spacial score (nSPS) is 16.6. The Labute approximate surface area is 163 Å². The molecule has 0 saturated carbocycles. The molecule has 2 amide bonds. The summed E-state index contributed by atoms with van der Waals surface area (Å²) in [6.45, 7) is 6.44. The molecule has 2 aromatic rings. The number of carbonyl (C=O) groups excluding carboxylic acids is 2. The average Bonchev–Trinajstić information content (AvgIpc) is 3.14. The van der Waals surface area contributed by atoms with Crippen molar-refractivity contribution >= 4 is 35.8 Å². The lowest BCUT2D eigenvalue weighted by atomic mass is 9.86. The lowest BCUT2D eigenvalue weighted by molar-refractivity contribution is -0.117. The van der Waals surface area contributed by atoms with Gasteiger partial charge in [-0.05, 0) is 34.2 Å². The second kappa shape index (κ2) is 6.13. The van der Waals surface area contributed by atoms with Crippen LogP contribution in [0.4, 0.5) is 0 Å². The van der Waals surface area contributed by atoms with E-state index in [1.54, 1.807) is 0 Å². The average molecular weight is 376 g/mol. The second-order valence-corrected chi connectivity index (χ2v) is 8.30. The van der Waals surface area contributed by atoms with Gasteiger partial charge in [-0.2, -0.15) is 0 Å². The highest BCUT2D eigenvalue weighted by atomic mass is 32.1. The molecule has 0 atom stereocenters. The van der Waals surface area contributed by atoms with E-state index in [9.17, 15) is 9.59 Å². The number of rotatable bonds is 2. The summed E-state index contributed by atoms with van der Waals surface area (Å²) in [4.78, 5) is 26.1. The van der Waals surface area contributed by atoms with E-state index < -0.39 is 0 Å². The highest BCUT2D eigenvalue weighted by Crippen LogP contribution is 2.37. The number of thiol groups is 1. The first-order valence-electron chi connectivity index (χ1n) is 8.77. The molecule has 0 spiro atoms. The van der Waals surface area contributed by atoms with Crippen LogP contribution in [0.3, 0.4) is 0 Å². The van der Waals surface area contributed by atoms with Crippen molar-refractivity contribution in [3.8, 4) is 0 Å². The van der Waals surface area contributed by atoms with Gasteiger partial charge in [-0.15, -0.1) is 12.6 Å². The van der Waals surface area contributed by atoms with Crippen molar-refractivity contribution < 1.29 is 9.59 Å². The molecule has 0 aromatic heterocycles. The molecule has 0 aliphatic carbocycles. The van der Waals surface area contributed by atoms with Crippen LogP contribution in [0.15, 0.2) is 64.6 Å². The minimum Gasteiger partial charge on any atom is -0.321 e. The number of carbonyl (C=O) groups is 2. The fourth-order valence-electron chi connectivity index (χ4n) is 3.38. The Hall–Kier alpha value is -2.79. The summed E-state index contributed by atoms with van der Waals surface area (Å²) >= 11 is 4.28. The summed E-state index contributed by atoms with van der Waals surface area (Å²) in [6, 6.07) is 15.3. The van der Waals surface area contributed by atoms with E-state index in [0.29, 0.717) is 22.5 Å². The van der Waals surface area contributed by atoms with Crippen molar-refractivity contribution in [3.05, 3.63) is 76.4 Å². The number of fused-ring (bicyclic) bond motifs is 1. The number of hydrogen-bond donors (Lipinski definition) is 3. The SMILES string of the molecule is CC(C)(C)c1ccc(C2=C3C(=O)NC(c4ccc(S)cc4)=C3C(=O)N2)cc1. The van der Waals surface area contributed by atoms with Gasteiger partial charge in [-0.25, -0.2) is 0 Å². The Morgan fingerprint density at radius 2 is 1.11 bits per heavy atom. The highest BCUT2D eigenvalue weighted by Gasteiger charge is 2.40. The Morgan fingerprint density at radius 1 is 0.704 bits per heavy atom. The molecule has 4 rings (SSSR count). The van der Waals surface area contributed by atoms with Crippen molar-refractivity contribution in [3.63, 3.8) is 0 Å². The molecule has 0 unspecified atom stereocenters. The molecule has 136 valence electrons. The molecular weight excluding hydrogens is 356 g/mol. The summed E-state index contributed by atoms with van der Waals surface area (Å²) in [5, 5.41) is 5.73. The van der Waals surface area contributed by atoms with E-state index in [2.05, 4.69) is 44.0 Å². The smallest absolute Gasteiger partial charge is 0.258 e. The van der Waals surface area contributed by atoms with E-state index in [0.717, 1.165) is 16.0 Å². The third-order valence-corrected chi connectivity index (χ3v) is 5.17. The first-order valence-corrected chi connectivity index (χ1v) is 9.22. The molecular formula is C22H20N2O2S. The van der Waals surface area contributed by atoms with Gasteiger partial charge in [0.1, 0.15) is 0 Å². The van der Waals surface area contributed by atoms with Crippen molar-refractivity contribution in [2.24, 2.45) is 0 Å². The number of hydrogen-bond acceptors (Lipinski definition) is 3. The van der Waals surface area contributed by atoms with Crippen LogP contribution in [0.5, 0.6) is 0 Å². The van der Waals surface area contributed by atoms with Gasteiger partial charge in [0.15, 0.2) is 0 Å². The summed E-state index contributed by atoms with van der Waals surface area (Å²) in [7, 11) is 0. The topological polar surface area (TPSA) is 58.2 Å². The molecule has 2 heterocycles. The summed E-state index contributed by atoms with van der Waals surface area (Å²) in [6.07, 6.45) is 0. The summed E-state index contributed by atoms with van der Waals surface area (Å²) in [5.74, 6) is -0.522. The predicted molar refractivity (Wildman–Crippen MR) is 109 cm³/mol. The van der Waals surface area contributed by atoms with E-state index in [1.165, 1.54) is 5.56 Å². The van der Waals surface area contributed by atoms with E-state index in [4.69, 9.17) is 0 Å². The van der Waals surface area contributed by atoms with Gasteiger partial charge < -0.3 is 10.6 Å². The Morgan fingerprint density at radius 3 is 1.52 bits per heavy atom. The minimum atomic E-state index is -0.261. The molecule has 2 aliphatic heterocycles. The Bertz CT molecular complexity index is 1020. The van der Waals surface area contributed by atoms with Crippen molar-refractivity contribution in [1.29, 1.82) is 0 Å². The lowest BCUT2D eigenvalue weighted by Crippen LogP contribution is -2.21. The molecule has 0 fully saturated rings. The number of amides is 2. The van der Waals surface area contributed by atoms with Crippen LogP contribution in [0.25, 0.3) is 11.4 Å². The van der Waals surface area contributed by atoms with Crippen molar-refractivity contribution in [1.82, 2.24) is 10.6 Å². The van der Waals surface area contributed by atoms with Gasteiger partial charge in [-0.3, -0.25) is 9.59 Å². The molecule has 0 saturated heterocycles. The molecule has 2 aliphatic rings. The summed E-state index contributed by atoms with van der Waals surface area (Å²) in [5.41, 5.74) is 4.76. The molecule has 2 aromatic carbocycles. The third-order valence-electron chi connectivity index (χ3n) is 4.88. The Kier molecular flexibility index (Phi) is 4.00. The van der Waals surface area contributed by atoms with Crippen LogP contribution in [-0.4, -0.2) is 11.8 Å². The van der Waals surface area contributed by atoms with Crippen LogP contribution in [0, 0.1) is 0 Å². The van der Waals surface area contributed by atoms with Crippen LogP contribution >= 0.6 is 12.6 Å². The maximum atomic E-state index is 12.6. The number of nitrogens with one attached hydrogen (secondary N) is 2. The van der Waals surface area contributed by atoms with Gasteiger partial charge in [0.2, 0.25) is 0 Å². The van der Waals surface area contributed by atoms with E-state index in [1.807, 2.05) is 48.5 Å². The highest BCUT2D eigenvalue weighted by molar-refractivity contribution is 7.80. The molecule has 0 radical (unpaired) electrons. The first-order chi connectivity index (χ1) is 12.8. The zero-order chi connectivity index (χ0) is 19.3. The molecule has 0 bridgehead atoms. The molecule has 2 N–H and O–H groups in total. The van der Waals surface area contributed by atoms with E-state index >= 15 is 0 Å². The predicted octanol–water partition coefficient (Wildman–Crippen LogP) is 3.65. The fourth-order valence-corrected chi connectivity index (χ4v) is 3.53. The maximum absolute atomic E-state index is 12.6. The minimum absolute atomic E-state index is 0.0391.